The van der Waals surface area contributed by atoms with E-state index in [0.717, 1.165) is 0 Å². The maximum atomic E-state index is 2.19. The van der Waals surface area contributed by atoms with Gasteiger partial charge in [0.1, 0.15) is 0 Å². The standard InChI is InChI=1S/C6H15N.2CH4/c1-6(2,3)7(4)5;;/h1-5H3;2*1H4. The summed E-state index contributed by atoms with van der Waals surface area (Å²) in [4.78, 5) is 2.19. The van der Waals surface area contributed by atoms with Gasteiger partial charge in [-0.1, -0.05) is 14.9 Å². The molecule has 0 rings (SSSR count). The van der Waals surface area contributed by atoms with Gasteiger partial charge in [-0.05, 0) is 34.9 Å². The summed E-state index contributed by atoms with van der Waals surface area (Å²) in [6.45, 7) is 6.56. The van der Waals surface area contributed by atoms with Crippen molar-refractivity contribution in [1.82, 2.24) is 4.90 Å². The Hall–Kier alpha value is -0.0400. The zero-order valence-electron chi connectivity index (χ0n) is 5.95. The molecule has 0 aromatic rings. The van der Waals surface area contributed by atoms with Gasteiger partial charge in [0.25, 0.3) is 0 Å². The molecule has 0 bridgehead atoms. The van der Waals surface area contributed by atoms with Gasteiger partial charge in [0.05, 0.1) is 0 Å². The largest absolute Gasteiger partial charge is 0.305 e. The van der Waals surface area contributed by atoms with E-state index in [1.807, 2.05) is 0 Å². The van der Waals surface area contributed by atoms with E-state index < -0.39 is 0 Å². The molecule has 9 heavy (non-hydrogen) atoms. The fourth-order valence-corrected chi connectivity index (χ4v) is 0. The van der Waals surface area contributed by atoms with Gasteiger partial charge in [-0.2, -0.15) is 0 Å². The molecule has 0 saturated carbocycles. The average Bonchev–Trinajstić information content (AvgIpc) is 1.31. The molecule has 0 fully saturated rings. The molecule has 1 nitrogen and oxygen atoms in total. The van der Waals surface area contributed by atoms with Gasteiger partial charge in [-0.15, -0.1) is 0 Å². The lowest BCUT2D eigenvalue weighted by atomic mass is 10.1. The fourth-order valence-electron chi connectivity index (χ4n) is 0. The van der Waals surface area contributed by atoms with Crippen molar-refractivity contribution in [1.29, 1.82) is 0 Å². The third-order valence-electron chi connectivity index (χ3n) is 1.34. The van der Waals surface area contributed by atoms with Crippen molar-refractivity contribution in [2.75, 3.05) is 14.1 Å². The Morgan fingerprint density at radius 2 is 1.00 bits per heavy atom. The number of hydrogen-bond acceptors (Lipinski definition) is 1. The maximum Gasteiger partial charge on any atom is 0.0118 e. The predicted molar refractivity (Wildman–Crippen MR) is 46.9 cm³/mol. The molecule has 0 atom stereocenters. The monoisotopic (exact) mass is 133 g/mol. The average molecular weight is 133 g/mol. The summed E-state index contributed by atoms with van der Waals surface area (Å²) in [5, 5.41) is 0. The second-order valence-electron chi connectivity index (χ2n) is 3.07. The van der Waals surface area contributed by atoms with Gasteiger partial charge in [-0.3, -0.25) is 0 Å². The zero-order valence-corrected chi connectivity index (χ0v) is 5.95. The van der Waals surface area contributed by atoms with Gasteiger partial charge < -0.3 is 4.90 Å². The molecule has 0 aliphatic heterocycles. The molecule has 0 heterocycles. The van der Waals surface area contributed by atoms with E-state index in [9.17, 15) is 0 Å². The van der Waals surface area contributed by atoms with E-state index >= 15 is 0 Å². The van der Waals surface area contributed by atoms with Crippen LogP contribution in [0, 0.1) is 0 Å². The first-order valence-corrected chi connectivity index (χ1v) is 2.62. The van der Waals surface area contributed by atoms with Crippen LogP contribution in [0.5, 0.6) is 0 Å². The Bertz CT molecular complexity index is 50.1. The molecule has 1 heteroatoms. The fraction of sp³-hybridized carbons (Fsp3) is 1.00. The summed E-state index contributed by atoms with van der Waals surface area (Å²) in [5.41, 5.74) is 0.333. The van der Waals surface area contributed by atoms with Gasteiger partial charge in [-0.25, -0.2) is 0 Å². The van der Waals surface area contributed by atoms with Gasteiger partial charge in [0.15, 0.2) is 0 Å². The number of hydrogen-bond donors (Lipinski definition) is 0. The molecule has 0 aliphatic carbocycles. The molecule has 0 aromatic carbocycles. The Labute approximate surface area is 61.1 Å². The van der Waals surface area contributed by atoms with Crippen LogP contribution in [0.15, 0.2) is 0 Å². The highest BCUT2D eigenvalue weighted by Gasteiger charge is 2.10. The van der Waals surface area contributed by atoms with Crippen LogP contribution >= 0.6 is 0 Å². The highest BCUT2D eigenvalue weighted by Crippen LogP contribution is 2.05. The van der Waals surface area contributed by atoms with Crippen molar-refractivity contribution in [3.63, 3.8) is 0 Å². The lowest BCUT2D eigenvalue weighted by molar-refractivity contribution is 0.219. The van der Waals surface area contributed by atoms with Crippen molar-refractivity contribution in [2.45, 2.75) is 41.2 Å². The summed E-state index contributed by atoms with van der Waals surface area (Å²) in [7, 11) is 4.17. The lowest BCUT2D eigenvalue weighted by Gasteiger charge is -2.27. The van der Waals surface area contributed by atoms with Crippen LogP contribution in [-0.4, -0.2) is 24.5 Å². The number of nitrogens with zero attached hydrogens (tertiary/aromatic N) is 1. The van der Waals surface area contributed by atoms with Crippen LogP contribution < -0.4 is 0 Å². The van der Waals surface area contributed by atoms with E-state index in [2.05, 4.69) is 39.8 Å². The van der Waals surface area contributed by atoms with Gasteiger partial charge in [0, 0.05) is 5.54 Å². The Morgan fingerprint density at radius 3 is 1.00 bits per heavy atom. The normalized spacial score (nSPS) is 10.0. The van der Waals surface area contributed by atoms with Crippen molar-refractivity contribution in [3.8, 4) is 0 Å². The lowest BCUT2D eigenvalue weighted by Crippen LogP contribution is -2.34. The SMILES string of the molecule is C.C.CN(C)C(C)(C)C. The van der Waals surface area contributed by atoms with Crippen LogP contribution in [0.4, 0.5) is 0 Å². The third-order valence-corrected chi connectivity index (χ3v) is 1.34. The van der Waals surface area contributed by atoms with E-state index in [-0.39, 0.29) is 14.9 Å². The molecule has 0 aliphatic rings. The molecule has 60 valence electrons. The van der Waals surface area contributed by atoms with E-state index in [1.54, 1.807) is 0 Å². The highest BCUT2D eigenvalue weighted by molar-refractivity contribution is 4.67. The molecule has 0 unspecified atom stereocenters. The summed E-state index contributed by atoms with van der Waals surface area (Å²) in [5.74, 6) is 0. The minimum atomic E-state index is 0. The van der Waals surface area contributed by atoms with Crippen LogP contribution in [0.25, 0.3) is 0 Å². The molecule has 0 radical (unpaired) electrons. The molecule has 0 aromatic heterocycles. The van der Waals surface area contributed by atoms with Crippen molar-refractivity contribution >= 4 is 0 Å². The quantitative estimate of drug-likeness (QED) is 0.491. The van der Waals surface area contributed by atoms with Crippen LogP contribution in [0.2, 0.25) is 0 Å². The third kappa shape index (κ3) is 7.96. The second kappa shape index (κ2) is 4.80. The molecule has 0 saturated heterocycles. The van der Waals surface area contributed by atoms with Gasteiger partial charge >= 0.3 is 0 Å². The zero-order chi connectivity index (χ0) is 6.08. The molecule has 0 N–H and O–H groups in total. The smallest absolute Gasteiger partial charge is 0.0118 e. The van der Waals surface area contributed by atoms with Crippen molar-refractivity contribution in [3.05, 3.63) is 0 Å². The van der Waals surface area contributed by atoms with Crippen LogP contribution in [0.1, 0.15) is 35.6 Å². The number of rotatable bonds is 0. The van der Waals surface area contributed by atoms with Crippen LogP contribution in [-0.2, 0) is 0 Å². The van der Waals surface area contributed by atoms with E-state index in [1.165, 1.54) is 0 Å². The van der Waals surface area contributed by atoms with Crippen molar-refractivity contribution in [2.24, 2.45) is 0 Å². The molecular weight excluding hydrogens is 110 g/mol. The van der Waals surface area contributed by atoms with Crippen molar-refractivity contribution < 1.29 is 0 Å². The minimum Gasteiger partial charge on any atom is -0.305 e. The maximum absolute atomic E-state index is 2.19. The Balaban J connectivity index is -0.000000180. The molecule has 0 spiro atoms. The molecule has 0 amide bonds. The molecular formula is C8H23N. The first kappa shape index (κ1) is 16.0. The highest BCUT2D eigenvalue weighted by atomic mass is 15.1. The summed E-state index contributed by atoms with van der Waals surface area (Å²) in [6, 6.07) is 0. The van der Waals surface area contributed by atoms with E-state index in [0.29, 0.717) is 5.54 Å². The topological polar surface area (TPSA) is 3.24 Å². The van der Waals surface area contributed by atoms with Gasteiger partial charge in [0.2, 0.25) is 0 Å². The minimum absolute atomic E-state index is 0. The first-order chi connectivity index (χ1) is 2.94. The first-order valence-electron chi connectivity index (χ1n) is 2.62. The van der Waals surface area contributed by atoms with E-state index in [4.69, 9.17) is 0 Å². The Kier molecular flexibility index (Phi) is 8.53. The second-order valence-corrected chi connectivity index (χ2v) is 3.07. The summed E-state index contributed by atoms with van der Waals surface area (Å²) in [6.07, 6.45) is 0. The summed E-state index contributed by atoms with van der Waals surface area (Å²) >= 11 is 0. The van der Waals surface area contributed by atoms with Crippen LogP contribution in [0.3, 0.4) is 0 Å². The Morgan fingerprint density at radius 1 is 0.889 bits per heavy atom. The predicted octanol–water partition coefficient (Wildman–Crippen LogP) is 2.62. The summed E-state index contributed by atoms with van der Waals surface area (Å²) < 4.78 is 0.